The largest absolute Gasteiger partial charge is 3.00 e. The molecule has 3 nitrogen and oxygen atoms in total. The zero-order chi connectivity index (χ0) is 5.70. The van der Waals surface area contributed by atoms with E-state index in [0.29, 0.717) is 0 Å². The van der Waals surface area contributed by atoms with Gasteiger partial charge in [-0.3, -0.25) is 11.1 Å². The molecule has 0 aromatic carbocycles. The van der Waals surface area contributed by atoms with Crippen molar-refractivity contribution in [2.24, 2.45) is 0 Å². The summed E-state index contributed by atoms with van der Waals surface area (Å²) in [5.74, 6) is -0.546. The molecule has 0 aliphatic rings. The standard InChI is InChI=1S/C4H5O3.Pr/c1-7-4(6)2-3-5;/h2H2,1H3;/q-1;+3. The summed E-state index contributed by atoms with van der Waals surface area (Å²) in [5, 5.41) is 0. The average Bonchev–Trinajstić information content (AvgIpc) is 1.68. The van der Waals surface area contributed by atoms with Crippen LogP contribution in [-0.4, -0.2) is 19.4 Å². The molecule has 0 heterocycles. The predicted molar refractivity (Wildman–Crippen MR) is 22.3 cm³/mol. The number of hydrogen-bond acceptors (Lipinski definition) is 3. The van der Waals surface area contributed by atoms with Gasteiger partial charge < -0.3 is 9.53 Å². The second kappa shape index (κ2) is 7.50. The Morgan fingerprint density at radius 2 is 2.25 bits per heavy atom. The number of carbonyl (C=O) groups excluding carboxylic acids is 2. The van der Waals surface area contributed by atoms with Gasteiger partial charge in [-0.15, -0.1) is 0 Å². The minimum absolute atomic E-state index is 0. The van der Waals surface area contributed by atoms with Crippen LogP contribution in [0.15, 0.2) is 0 Å². The van der Waals surface area contributed by atoms with E-state index in [0.717, 1.165) is 0 Å². The number of hydrogen-bond donors (Lipinski definition) is 0. The van der Waals surface area contributed by atoms with E-state index in [1.807, 2.05) is 0 Å². The summed E-state index contributed by atoms with van der Waals surface area (Å²) in [6.45, 7) is 0. The molecule has 0 aliphatic carbocycles. The first kappa shape index (κ1) is 11.3. The smallest absolute Gasteiger partial charge is 0.541 e. The Labute approximate surface area is 80.7 Å². The van der Waals surface area contributed by atoms with Crippen molar-refractivity contribution in [2.75, 3.05) is 7.11 Å². The molecule has 0 radical (unpaired) electrons. The van der Waals surface area contributed by atoms with Gasteiger partial charge in [0.1, 0.15) is 0 Å². The van der Waals surface area contributed by atoms with Crippen molar-refractivity contribution in [1.29, 1.82) is 0 Å². The Bertz CT molecular complexity index is 81.4. The second-order valence-corrected chi connectivity index (χ2v) is 0.897. The van der Waals surface area contributed by atoms with E-state index in [9.17, 15) is 9.59 Å². The Hall–Kier alpha value is 0.504. The minimum Gasteiger partial charge on any atom is -0.541 e. The van der Waals surface area contributed by atoms with Crippen molar-refractivity contribution in [3.05, 3.63) is 0 Å². The van der Waals surface area contributed by atoms with Crippen LogP contribution in [0, 0.1) is 41.3 Å². The molecule has 0 atom stereocenters. The van der Waals surface area contributed by atoms with E-state index in [2.05, 4.69) is 4.74 Å². The number of rotatable bonds is 2. The predicted octanol–water partition coefficient (Wildman–Crippen LogP) is -0.341. The summed E-state index contributed by atoms with van der Waals surface area (Å²) in [6.07, 6.45) is 1.13. The molecule has 4 heteroatoms. The van der Waals surface area contributed by atoms with Gasteiger partial charge in [-0.05, 0) is 0 Å². The van der Waals surface area contributed by atoms with Crippen LogP contribution >= 0.6 is 0 Å². The SMILES string of the molecule is COC(=O)C[C-]=O.[Pr+3]. The van der Waals surface area contributed by atoms with Gasteiger partial charge in [-0.2, -0.15) is 0 Å². The fourth-order valence-corrected chi connectivity index (χ4v) is 0.131. The van der Waals surface area contributed by atoms with E-state index in [4.69, 9.17) is 0 Å². The number of carbonyl (C=O) groups is 1. The molecule has 0 amide bonds. The number of ether oxygens (including phenoxy) is 1. The van der Waals surface area contributed by atoms with Crippen molar-refractivity contribution in [3.8, 4) is 0 Å². The van der Waals surface area contributed by atoms with Crippen LogP contribution in [0.3, 0.4) is 0 Å². The molecule has 0 fully saturated rings. The quantitative estimate of drug-likeness (QED) is 0.378. The third kappa shape index (κ3) is 6.50. The van der Waals surface area contributed by atoms with Crippen LogP contribution in [-0.2, 0) is 14.3 Å². The summed E-state index contributed by atoms with van der Waals surface area (Å²) >= 11 is 0. The van der Waals surface area contributed by atoms with Gasteiger partial charge in [-0.1, -0.05) is 6.42 Å². The molecule has 40 valence electrons. The van der Waals surface area contributed by atoms with Crippen molar-refractivity contribution in [3.63, 3.8) is 0 Å². The summed E-state index contributed by atoms with van der Waals surface area (Å²) in [7, 11) is 1.22. The molecule has 0 rings (SSSR count). The summed E-state index contributed by atoms with van der Waals surface area (Å²) in [6, 6.07) is 0. The van der Waals surface area contributed by atoms with Crippen molar-refractivity contribution < 1.29 is 55.6 Å². The maximum atomic E-state index is 9.93. The van der Waals surface area contributed by atoms with Crippen LogP contribution < -0.4 is 0 Å². The normalized spacial score (nSPS) is 6.62. The molecule has 0 N–H and O–H groups in total. The van der Waals surface area contributed by atoms with Crippen LogP contribution in [0.5, 0.6) is 0 Å². The number of methoxy groups -OCH3 is 1. The summed E-state index contributed by atoms with van der Waals surface area (Å²) in [5.41, 5.74) is 0. The first-order chi connectivity index (χ1) is 3.31. The van der Waals surface area contributed by atoms with Crippen molar-refractivity contribution >= 4 is 12.3 Å². The molecular weight excluding hydrogens is 237 g/mol. The monoisotopic (exact) mass is 242 g/mol. The molecule has 0 bridgehead atoms. The number of esters is 1. The molecule has 8 heavy (non-hydrogen) atoms. The maximum absolute atomic E-state index is 9.93. The first-order valence-corrected chi connectivity index (χ1v) is 1.73. The molecule has 0 aliphatic heterocycles. The summed E-state index contributed by atoms with van der Waals surface area (Å²) < 4.78 is 4.09. The molecule has 0 unspecified atom stereocenters. The zero-order valence-electron chi connectivity index (χ0n) is 4.51. The summed E-state index contributed by atoms with van der Waals surface area (Å²) in [4.78, 5) is 19.3. The fraction of sp³-hybridized carbons (Fsp3) is 0.500. The third-order valence-corrected chi connectivity index (χ3v) is 0.444. The van der Waals surface area contributed by atoms with Gasteiger partial charge in [-0.25, -0.2) is 0 Å². The van der Waals surface area contributed by atoms with Crippen molar-refractivity contribution in [2.45, 2.75) is 6.42 Å². The minimum atomic E-state index is -0.546. The van der Waals surface area contributed by atoms with E-state index >= 15 is 0 Å². The van der Waals surface area contributed by atoms with Gasteiger partial charge >= 0.3 is 41.3 Å². The van der Waals surface area contributed by atoms with E-state index in [1.165, 1.54) is 13.4 Å². The Kier molecular flexibility index (Phi) is 10.6. The van der Waals surface area contributed by atoms with Crippen molar-refractivity contribution in [1.82, 2.24) is 0 Å². The van der Waals surface area contributed by atoms with Crippen LogP contribution in [0.25, 0.3) is 0 Å². The Morgan fingerprint density at radius 1 is 1.75 bits per heavy atom. The van der Waals surface area contributed by atoms with Crippen LogP contribution in [0.1, 0.15) is 6.42 Å². The van der Waals surface area contributed by atoms with E-state index in [-0.39, 0.29) is 47.7 Å². The Balaban J connectivity index is 0. The molecule has 0 saturated heterocycles. The fourth-order valence-electron chi connectivity index (χ4n) is 0.131. The molecular formula is C4H5O3Pr+2. The van der Waals surface area contributed by atoms with Crippen LogP contribution in [0.2, 0.25) is 0 Å². The van der Waals surface area contributed by atoms with Gasteiger partial charge in [0.15, 0.2) is 0 Å². The molecule has 0 aromatic heterocycles. The van der Waals surface area contributed by atoms with Crippen LogP contribution in [0.4, 0.5) is 0 Å². The maximum Gasteiger partial charge on any atom is 3.00 e. The topological polar surface area (TPSA) is 43.4 Å². The van der Waals surface area contributed by atoms with Gasteiger partial charge in [0.05, 0.1) is 7.11 Å². The molecule has 0 saturated carbocycles. The van der Waals surface area contributed by atoms with Gasteiger partial charge in [0.25, 0.3) is 5.97 Å². The van der Waals surface area contributed by atoms with Gasteiger partial charge in [0, 0.05) is 0 Å². The zero-order valence-corrected chi connectivity index (χ0v) is 8.21. The Morgan fingerprint density at radius 3 is 2.38 bits per heavy atom. The van der Waals surface area contributed by atoms with Gasteiger partial charge in [0.2, 0.25) is 0 Å². The third-order valence-electron chi connectivity index (χ3n) is 0.444. The second-order valence-electron chi connectivity index (χ2n) is 0.897. The molecule has 0 spiro atoms. The first-order valence-electron chi connectivity index (χ1n) is 1.73. The average molecular weight is 242 g/mol. The van der Waals surface area contributed by atoms with E-state index < -0.39 is 5.97 Å². The molecule has 0 aromatic rings. The van der Waals surface area contributed by atoms with E-state index in [1.54, 1.807) is 0 Å².